The Morgan fingerprint density at radius 2 is 2.19 bits per heavy atom. The van der Waals surface area contributed by atoms with Gasteiger partial charge in [0.15, 0.2) is 5.11 Å². The summed E-state index contributed by atoms with van der Waals surface area (Å²) >= 11 is 6.97. The molecule has 2 atom stereocenters. The first kappa shape index (κ1) is 17.0. The summed E-state index contributed by atoms with van der Waals surface area (Å²) < 4.78 is 24.8. The predicted octanol–water partition coefficient (Wildman–Crippen LogP) is 0.249. The lowest BCUT2D eigenvalue weighted by molar-refractivity contribution is -0.129. The zero-order chi connectivity index (χ0) is 15.6. The van der Waals surface area contributed by atoms with Crippen molar-refractivity contribution in [3.05, 3.63) is 0 Å². The van der Waals surface area contributed by atoms with E-state index in [0.717, 1.165) is 25.0 Å². The monoisotopic (exact) mass is 351 g/mol. The van der Waals surface area contributed by atoms with E-state index in [-0.39, 0.29) is 18.0 Å². The summed E-state index contributed by atoms with van der Waals surface area (Å²) in [5.41, 5.74) is 0. The fraction of sp³-hybridized carbons (Fsp3) is 0.833. The number of carbonyl (C=O) groups is 1. The second kappa shape index (κ2) is 6.80. The van der Waals surface area contributed by atoms with E-state index in [4.69, 9.17) is 12.2 Å². The van der Waals surface area contributed by atoms with Gasteiger partial charge in [0.05, 0.1) is 12.3 Å². The highest BCUT2D eigenvalue weighted by Gasteiger charge is 2.41. The maximum Gasteiger partial charge on any atom is 0.251 e. The van der Waals surface area contributed by atoms with Crippen LogP contribution in [-0.2, 0) is 14.8 Å². The summed E-state index contributed by atoms with van der Waals surface area (Å²) in [6, 6.07) is -0.418. The summed E-state index contributed by atoms with van der Waals surface area (Å²) in [6.45, 7) is 0.856. The third kappa shape index (κ3) is 3.88. The Labute approximate surface area is 135 Å². The quantitative estimate of drug-likeness (QED) is 0.716. The van der Waals surface area contributed by atoms with Gasteiger partial charge in [-0.2, -0.15) is 11.8 Å². The number of amides is 1. The molecule has 0 radical (unpaired) electrons. The molecule has 1 N–H and O–H groups in total. The summed E-state index contributed by atoms with van der Waals surface area (Å²) in [4.78, 5) is 14.1. The predicted molar refractivity (Wildman–Crippen MR) is 88.8 cm³/mol. The van der Waals surface area contributed by atoms with E-state index in [2.05, 4.69) is 5.32 Å². The van der Waals surface area contributed by atoms with Gasteiger partial charge in [-0.25, -0.2) is 12.7 Å². The first-order valence-corrected chi connectivity index (χ1v) is 10.6. The maximum absolute atomic E-state index is 12.5. The number of hydrogen-bond donors (Lipinski definition) is 1. The second-order valence-corrected chi connectivity index (χ2v) is 8.76. The zero-order valence-corrected chi connectivity index (χ0v) is 14.7. The van der Waals surface area contributed by atoms with Crippen molar-refractivity contribution in [3.8, 4) is 0 Å². The molecule has 9 heteroatoms. The standard InChI is InChI=1S/C12H21N3O3S3/c1-20-7-5-10-11(16)15(12(19)13-10)9-4-3-6-14(8-9)21(2,17)18/h9-10H,3-8H2,1-2H3,(H,13,19)/t9-,10-/m0/s1. The Morgan fingerprint density at radius 3 is 2.81 bits per heavy atom. The van der Waals surface area contributed by atoms with Crippen LogP contribution >= 0.6 is 24.0 Å². The normalized spacial score (nSPS) is 28.0. The molecule has 0 aromatic carbocycles. The first-order valence-electron chi connectivity index (χ1n) is 6.92. The molecule has 2 aliphatic heterocycles. The molecule has 0 unspecified atom stereocenters. The molecule has 6 nitrogen and oxygen atoms in total. The molecular formula is C12H21N3O3S3. The molecule has 0 aromatic rings. The lowest BCUT2D eigenvalue weighted by Crippen LogP contribution is -2.51. The number of hydrogen-bond acceptors (Lipinski definition) is 5. The Morgan fingerprint density at radius 1 is 1.48 bits per heavy atom. The van der Waals surface area contributed by atoms with Gasteiger partial charge < -0.3 is 5.32 Å². The Hall–Kier alpha value is -0.380. The minimum Gasteiger partial charge on any atom is -0.350 e. The number of thiocarbonyl (C=S) groups is 1. The second-order valence-electron chi connectivity index (χ2n) is 5.41. The summed E-state index contributed by atoms with van der Waals surface area (Å²) in [5.74, 6) is 0.870. The number of rotatable bonds is 5. The van der Waals surface area contributed by atoms with E-state index >= 15 is 0 Å². The number of nitrogens with one attached hydrogen (secondary N) is 1. The molecule has 2 saturated heterocycles. The molecule has 120 valence electrons. The molecule has 2 rings (SSSR count). The van der Waals surface area contributed by atoms with Gasteiger partial charge in [-0.05, 0) is 43.5 Å². The van der Waals surface area contributed by atoms with Crippen LogP contribution < -0.4 is 5.32 Å². The fourth-order valence-corrected chi connectivity index (χ4v) is 4.51. The third-order valence-corrected chi connectivity index (χ3v) is 6.08. The Balaban J connectivity index is 2.07. The third-order valence-electron chi connectivity index (χ3n) is 3.86. The highest BCUT2D eigenvalue weighted by atomic mass is 32.2. The number of nitrogens with zero attached hydrogens (tertiary/aromatic N) is 2. The maximum atomic E-state index is 12.5. The molecule has 0 aromatic heterocycles. The Kier molecular flexibility index (Phi) is 5.50. The van der Waals surface area contributed by atoms with Crippen molar-refractivity contribution in [2.24, 2.45) is 0 Å². The topological polar surface area (TPSA) is 69.7 Å². The van der Waals surface area contributed by atoms with Gasteiger partial charge in [0.2, 0.25) is 10.0 Å². The lowest BCUT2D eigenvalue weighted by atomic mass is 10.1. The first-order chi connectivity index (χ1) is 9.84. The van der Waals surface area contributed by atoms with Crippen LogP contribution in [0.2, 0.25) is 0 Å². The highest BCUT2D eigenvalue weighted by molar-refractivity contribution is 7.98. The molecule has 21 heavy (non-hydrogen) atoms. The molecule has 2 heterocycles. The highest BCUT2D eigenvalue weighted by Crippen LogP contribution is 2.22. The minimum absolute atomic E-state index is 0.0191. The molecule has 2 fully saturated rings. The summed E-state index contributed by atoms with van der Waals surface area (Å²) in [6.07, 6.45) is 5.48. The van der Waals surface area contributed by atoms with Crippen LogP contribution in [0, 0.1) is 0 Å². The van der Waals surface area contributed by atoms with Crippen molar-refractivity contribution in [1.82, 2.24) is 14.5 Å². The summed E-state index contributed by atoms with van der Waals surface area (Å²) in [5, 5.41) is 3.50. The van der Waals surface area contributed by atoms with Gasteiger partial charge in [-0.3, -0.25) is 9.69 Å². The van der Waals surface area contributed by atoms with Crippen molar-refractivity contribution in [3.63, 3.8) is 0 Å². The van der Waals surface area contributed by atoms with Crippen molar-refractivity contribution in [2.45, 2.75) is 31.3 Å². The van der Waals surface area contributed by atoms with E-state index in [1.54, 1.807) is 16.7 Å². The van der Waals surface area contributed by atoms with E-state index < -0.39 is 10.0 Å². The molecular weight excluding hydrogens is 330 g/mol. The molecule has 0 saturated carbocycles. The van der Waals surface area contributed by atoms with E-state index in [1.165, 1.54) is 10.6 Å². The zero-order valence-electron chi connectivity index (χ0n) is 12.2. The van der Waals surface area contributed by atoms with E-state index in [9.17, 15) is 13.2 Å². The molecule has 1 amide bonds. The number of piperidine rings is 1. The SMILES string of the molecule is CSCC[C@@H]1NC(=S)N([C@H]2CCCN(S(C)(=O)=O)C2)C1=O. The lowest BCUT2D eigenvalue weighted by Gasteiger charge is -2.35. The number of thioether (sulfide) groups is 1. The molecule has 0 bridgehead atoms. The van der Waals surface area contributed by atoms with E-state index in [0.29, 0.717) is 18.2 Å². The smallest absolute Gasteiger partial charge is 0.251 e. The van der Waals surface area contributed by atoms with Gasteiger partial charge in [0, 0.05) is 13.1 Å². The van der Waals surface area contributed by atoms with Gasteiger partial charge in [0.1, 0.15) is 6.04 Å². The van der Waals surface area contributed by atoms with Crippen LogP contribution in [0.5, 0.6) is 0 Å². The molecule has 0 aliphatic carbocycles. The Bertz CT molecular complexity index is 523. The van der Waals surface area contributed by atoms with Crippen LogP contribution in [0.3, 0.4) is 0 Å². The fourth-order valence-electron chi connectivity index (χ4n) is 2.76. The van der Waals surface area contributed by atoms with Crippen molar-refractivity contribution in [1.29, 1.82) is 0 Å². The number of sulfonamides is 1. The van der Waals surface area contributed by atoms with Crippen LogP contribution in [0.1, 0.15) is 19.3 Å². The van der Waals surface area contributed by atoms with Crippen LogP contribution in [-0.4, -0.2) is 72.1 Å². The molecule has 0 spiro atoms. The van der Waals surface area contributed by atoms with Crippen molar-refractivity contribution in [2.75, 3.05) is 31.4 Å². The minimum atomic E-state index is -3.22. The van der Waals surface area contributed by atoms with Crippen molar-refractivity contribution >= 4 is 45.0 Å². The van der Waals surface area contributed by atoms with E-state index in [1.807, 2.05) is 6.26 Å². The average molecular weight is 352 g/mol. The van der Waals surface area contributed by atoms with Gasteiger partial charge in [0.25, 0.3) is 5.91 Å². The average Bonchev–Trinajstić information content (AvgIpc) is 2.70. The largest absolute Gasteiger partial charge is 0.350 e. The molecule has 2 aliphatic rings. The van der Waals surface area contributed by atoms with Gasteiger partial charge >= 0.3 is 0 Å². The van der Waals surface area contributed by atoms with Gasteiger partial charge in [-0.1, -0.05) is 0 Å². The number of carbonyl (C=O) groups excluding carboxylic acids is 1. The van der Waals surface area contributed by atoms with Crippen LogP contribution in [0.15, 0.2) is 0 Å². The van der Waals surface area contributed by atoms with Crippen LogP contribution in [0.25, 0.3) is 0 Å². The summed E-state index contributed by atoms with van der Waals surface area (Å²) in [7, 11) is -3.22. The van der Waals surface area contributed by atoms with Gasteiger partial charge in [-0.15, -0.1) is 0 Å². The van der Waals surface area contributed by atoms with Crippen LogP contribution in [0.4, 0.5) is 0 Å². The van der Waals surface area contributed by atoms with Crippen molar-refractivity contribution < 1.29 is 13.2 Å².